The third-order valence-corrected chi connectivity index (χ3v) is 6.41. The Bertz CT molecular complexity index is 1670. The van der Waals surface area contributed by atoms with Gasteiger partial charge in [-0.15, -0.1) is 0 Å². The zero-order valence-corrected chi connectivity index (χ0v) is 19.1. The summed E-state index contributed by atoms with van der Waals surface area (Å²) in [4.78, 5) is 26.2. The van der Waals surface area contributed by atoms with Crippen LogP contribution in [0.25, 0.3) is 22.3 Å². The van der Waals surface area contributed by atoms with E-state index in [0.717, 1.165) is 28.9 Å². The SMILES string of the molecule is N#Cc1ccc(-c2cc(Cn3c(Sc4ccc([N+](=O)[O-])cc4[N+](=O)[O-])nc4ccccc43)on2)cc1. The first kappa shape index (κ1) is 22.8. The highest BCUT2D eigenvalue weighted by molar-refractivity contribution is 7.99. The number of rotatable bonds is 7. The molecule has 2 aromatic heterocycles. The Labute approximate surface area is 206 Å². The van der Waals surface area contributed by atoms with E-state index in [1.807, 2.05) is 28.8 Å². The number of non-ortho nitro benzene ring substituents is 1. The number of fused-ring (bicyclic) bond motifs is 1. The molecular weight excluding hydrogens is 484 g/mol. The highest BCUT2D eigenvalue weighted by atomic mass is 32.2. The van der Waals surface area contributed by atoms with Crippen LogP contribution in [0.3, 0.4) is 0 Å². The minimum atomic E-state index is -0.675. The van der Waals surface area contributed by atoms with Crippen LogP contribution >= 0.6 is 11.8 Å². The van der Waals surface area contributed by atoms with Gasteiger partial charge in [0.2, 0.25) is 0 Å². The number of nitro groups is 2. The molecule has 3 aromatic carbocycles. The maximum absolute atomic E-state index is 11.6. The van der Waals surface area contributed by atoms with Gasteiger partial charge in [-0.3, -0.25) is 20.2 Å². The van der Waals surface area contributed by atoms with E-state index < -0.39 is 9.85 Å². The van der Waals surface area contributed by atoms with Gasteiger partial charge in [0.05, 0.1) is 50.0 Å². The fraction of sp³-hybridized carbons (Fsp3) is 0.0417. The zero-order valence-electron chi connectivity index (χ0n) is 18.3. The molecule has 5 rings (SSSR count). The van der Waals surface area contributed by atoms with Crippen molar-refractivity contribution in [3.8, 4) is 17.3 Å². The average Bonchev–Trinajstić information content (AvgIpc) is 3.49. The third kappa shape index (κ3) is 4.38. The minimum absolute atomic E-state index is 0.220. The largest absolute Gasteiger partial charge is 0.359 e. The molecule has 0 saturated carbocycles. The molecule has 0 aliphatic rings. The lowest BCUT2D eigenvalue weighted by Crippen LogP contribution is -2.01. The quantitative estimate of drug-likeness (QED) is 0.206. The smallest absolute Gasteiger partial charge is 0.290 e. The van der Waals surface area contributed by atoms with Crippen molar-refractivity contribution < 1.29 is 14.4 Å². The van der Waals surface area contributed by atoms with Crippen LogP contribution < -0.4 is 0 Å². The van der Waals surface area contributed by atoms with Crippen molar-refractivity contribution in [1.29, 1.82) is 5.26 Å². The summed E-state index contributed by atoms with van der Waals surface area (Å²) in [6.45, 7) is 0.243. The van der Waals surface area contributed by atoms with Gasteiger partial charge in [0, 0.05) is 17.7 Å². The Morgan fingerprint density at radius 3 is 2.50 bits per heavy atom. The number of aromatic nitrogens is 3. The summed E-state index contributed by atoms with van der Waals surface area (Å²) in [5, 5.41) is 36.3. The van der Waals surface area contributed by atoms with Crippen LogP contribution in [0, 0.1) is 31.6 Å². The summed E-state index contributed by atoms with van der Waals surface area (Å²) in [5.74, 6) is 0.526. The number of hydrogen-bond acceptors (Lipinski definition) is 9. The van der Waals surface area contributed by atoms with Crippen LogP contribution in [0.15, 0.2) is 87.4 Å². The summed E-state index contributed by atoms with van der Waals surface area (Å²) >= 11 is 1.04. The van der Waals surface area contributed by atoms with Crippen LogP contribution in [-0.4, -0.2) is 24.6 Å². The number of para-hydroxylation sites is 2. The second-order valence-electron chi connectivity index (χ2n) is 7.61. The Balaban J connectivity index is 1.51. The molecular formula is C24H14N6O5S. The molecule has 0 atom stereocenters. The minimum Gasteiger partial charge on any atom is -0.359 e. The van der Waals surface area contributed by atoms with E-state index >= 15 is 0 Å². The molecule has 0 aliphatic heterocycles. The fourth-order valence-corrected chi connectivity index (χ4v) is 4.61. The van der Waals surface area contributed by atoms with Gasteiger partial charge in [0.1, 0.15) is 5.69 Å². The Morgan fingerprint density at radius 1 is 1.00 bits per heavy atom. The highest BCUT2D eigenvalue weighted by Gasteiger charge is 2.23. The molecule has 0 radical (unpaired) electrons. The van der Waals surface area contributed by atoms with Crippen molar-refractivity contribution in [1.82, 2.24) is 14.7 Å². The van der Waals surface area contributed by atoms with Crippen molar-refractivity contribution in [2.45, 2.75) is 16.6 Å². The van der Waals surface area contributed by atoms with Crippen LogP contribution in [0.5, 0.6) is 0 Å². The molecule has 0 spiro atoms. The maximum atomic E-state index is 11.6. The van der Waals surface area contributed by atoms with Crippen molar-refractivity contribution >= 4 is 34.2 Å². The number of hydrogen-bond donors (Lipinski definition) is 0. The summed E-state index contributed by atoms with van der Waals surface area (Å²) in [6.07, 6.45) is 0. The molecule has 0 saturated heterocycles. The van der Waals surface area contributed by atoms with Gasteiger partial charge in [-0.05, 0) is 42.1 Å². The third-order valence-electron chi connectivity index (χ3n) is 5.35. The van der Waals surface area contributed by atoms with Crippen molar-refractivity contribution in [3.05, 3.63) is 104 Å². The molecule has 2 heterocycles. The summed E-state index contributed by atoms with van der Waals surface area (Å²) in [7, 11) is 0. The lowest BCUT2D eigenvalue weighted by atomic mass is 10.1. The van der Waals surface area contributed by atoms with Gasteiger partial charge < -0.3 is 9.09 Å². The molecule has 5 aromatic rings. The maximum Gasteiger partial charge on any atom is 0.290 e. The van der Waals surface area contributed by atoms with Crippen molar-refractivity contribution in [3.63, 3.8) is 0 Å². The number of nitrogens with zero attached hydrogens (tertiary/aromatic N) is 6. The van der Waals surface area contributed by atoms with E-state index in [1.165, 1.54) is 12.1 Å². The van der Waals surface area contributed by atoms with E-state index in [9.17, 15) is 20.2 Å². The molecule has 0 amide bonds. The normalized spacial score (nSPS) is 10.9. The number of benzene rings is 3. The van der Waals surface area contributed by atoms with E-state index in [-0.39, 0.29) is 22.8 Å². The average molecular weight is 498 g/mol. The summed E-state index contributed by atoms with van der Waals surface area (Å²) < 4.78 is 7.39. The van der Waals surface area contributed by atoms with Gasteiger partial charge in [0.15, 0.2) is 10.9 Å². The summed E-state index contributed by atoms with van der Waals surface area (Å²) in [5.41, 5.74) is 2.63. The van der Waals surface area contributed by atoms with Crippen LogP contribution in [-0.2, 0) is 6.54 Å². The lowest BCUT2D eigenvalue weighted by molar-refractivity contribution is -0.396. The first-order valence-electron chi connectivity index (χ1n) is 10.4. The van der Waals surface area contributed by atoms with Gasteiger partial charge in [0.25, 0.3) is 11.4 Å². The topological polar surface area (TPSA) is 154 Å². The lowest BCUT2D eigenvalue weighted by Gasteiger charge is -2.07. The molecule has 11 nitrogen and oxygen atoms in total. The monoisotopic (exact) mass is 498 g/mol. The van der Waals surface area contributed by atoms with E-state index in [1.54, 1.807) is 30.3 Å². The standard InChI is InChI=1S/C24H14N6O5S/c25-13-15-5-7-16(8-6-15)20-12-18(35-27-20)14-28-21-4-2-1-3-19(21)26-24(28)36-23-10-9-17(29(31)32)11-22(23)30(33)34/h1-12H,14H2. The Hall–Kier alpha value is -5.02. The second kappa shape index (κ2) is 9.32. The molecule has 0 unspecified atom stereocenters. The first-order chi connectivity index (χ1) is 17.4. The van der Waals surface area contributed by atoms with Crippen LogP contribution in [0.1, 0.15) is 11.3 Å². The number of nitriles is 1. The van der Waals surface area contributed by atoms with Crippen molar-refractivity contribution in [2.75, 3.05) is 0 Å². The predicted octanol–water partition coefficient (Wildman–Crippen LogP) is 5.58. The van der Waals surface area contributed by atoms with Gasteiger partial charge in [-0.25, -0.2) is 4.98 Å². The van der Waals surface area contributed by atoms with Gasteiger partial charge in [-0.2, -0.15) is 5.26 Å². The Kier molecular flexibility index (Phi) is 5.89. The molecule has 0 N–H and O–H groups in total. The molecule has 0 bridgehead atoms. The molecule has 0 aliphatic carbocycles. The number of nitro benzene ring substituents is 2. The second-order valence-corrected chi connectivity index (χ2v) is 8.61. The first-order valence-corrected chi connectivity index (χ1v) is 11.3. The highest BCUT2D eigenvalue weighted by Crippen LogP contribution is 2.38. The van der Waals surface area contributed by atoms with Crippen LogP contribution in [0.4, 0.5) is 11.4 Å². The van der Waals surface area contributed by atoms with Gasteiger partial charge in [-0.1, -0.05) is 29.4 Å². The van der Waals surface area contributed by atoms with E-state index in [0.29, 0.717) is 27.7 Å². The Morgan fingerprint density at radius 2 is 1.78 bits per heavy atom. The van der Waals surface area contributed by atoms with Gasteiger partial charge >= 0.3 is 0 Å². The molecule has 176 valence electrons. The molecule has 0 fully saturated rings. The fourth-order valence-electron chi connectivity index (χ4n) is 3.63. The van der Waals surface area contributed by atoms with Crippen LogP contribution in [0.2, 0.25) is 0 Å². The zero-order chi connectivity index (χ0) is 25.2. The predicted molar refractivity (Wildman–Crippen MR) is 129 cm³/mol. The van der Waals surface area contributed by atoms with E-state index in [4.69, 9.17) is 9.78 Å². The molecule has 12 heteroatoms. The summed E-state index contributed by atoms with van der Waals surface area (Å²) in [6, 6.07) is 21.7. The molecule has 36 heavy (non-hydrogen) atoms. The van der Waals surface area contributed by atoms with Crippen molar-refractivity contribution in [2.24, 2.45) is 0 Å². The number of imidazole rings is 1. The van der Waals surface area contributed by atoms with E-state index in [2.05, 4.69) is 16.2 Å².